The van der Waals surface area contributed by atoms with Crippen LogP contribution in [0.3, 0.4) is 0 Å². The molecule has 0 spiro atoms. The van der Waals surface area contributed by atoms with Crippen LogP contribution in [0.1, 0.15) is 24.0 Å². The number of anilines is 1. The molecule has 0 aliphatic heterocycles. The van der Waals surface area contributed by atoms with Gasteiger partial charge in [-0.05, 0) is 19.4 Å². The molecule has 0 amide bonds. The van der Waals surface area contributed by atoms with E-state index in [1.54, 1.807) is 23.1 Å². The van der Waals surface area contributed by atoms with Crippen molar-refractivity contribution in [2.45, 2.75) is 31.0 Å². The molecule has 18 heavy (non-hydrogen) atoms. The fourth-order valence-corrected chi connectivity index (χ4v) is 3.26. The van der Waals surface area contributed by atoms with Crippen LogP contribution >= 0.6 is 23.1 Å². The summed E-state index contributed by atoms with van der Waals surface area (Å²) in [6.07, 6.45) is 1.10. The minimum absolute atomic E-state index is 0.838. The van der Waals surface area contributed by atoms with Gasteiger partial charge in [-0.2, -0.15) is 5.10 Å². The molecule has 0 aliphatic carbocycles. The van der Waals surface area contributed by atoms with Gasteiger partial charge in [0.25, 0.3) is 0 Å². The second-order valence-corrected chi connectivity index (χ2v) is 6.02. The molecule has 0 saturated carbocycles. The van der Waals surface area contributed by atoms with E-state index in [9.17, 15) is 0 Å². The lowest BCUT2D eigenvalue weighted by Crippen LogP contribution is -1.98. The summed E-state index contributed by atoms with van der Waals surface area (Å²) < 4.78 is 1.90. The molecule has 0 atom stereocenters. The summed E-state index contributed by atoms with van der Waals surface area (Å²) in [6, 6.07) is 2.09. The Hall–Kier alpha value is -1.08. The third kappa shape index (κ3) is 3.46. The summed E-state index contributed by atoms with van der Waals surface area (Å²) >= 11 is 3.36. The zero-order chi connectivity index (χ0) is 13.0. The van der Waals surface area contributed by atoms with Crippen LogP contribution in [0.5, 0.6) is 0 Å². The van der Waals surface area contributed by atoms with Gasteiger partial charge in [0.2, 0.25) is 5.13 Å². The number of rotatable bonds is 6. The van der Waals surface area contributed by atoms with Gasteiger partial charge >= 0.3 is 0 Å². The van der Waals surface area contributed by atoms with Gasteiger partial charge in [-0.3, -0.25) is 4.68 Å². The van der Waals surface area contributed by atoms with Crippen LogP contribution in [0.15, 0.2) is 11.1 Å². The van der Waals surface area contributed by atoms with Crippen molar-refractivity contribution in [3.8, 4) is 0 Å². The molecule has 0 radical (unpaired) electrons. The molecule has 7 heteroatoms. The summed E-state index contributed by atoms with van der Waals surface area (Å²) in [7, 11) is 1.96. The van der Waals surface area contributed by atoms with Crippen LogP contribution in [-0.2, 0) is 12.8 Å². The Morgan fingerprint density at radius 3 is 2.94 bits per heavy atom. The lowest BCUT2D eigenvalue weighted by molar-refractivity contribution is 0.692. The molecule has 0 aromatic carbocycles. The Kier molecular flexibility index (Phi) is 4.60. The van der Waals surface area contributed by atoms with Gasteiger partial charge in [-0.1, -0.05) is 30.0 Å². The molecule has 0 unspecified atom stereocenters. The summed E-state index contributed by atoms with van der Waals surface area (Å²) in [5.41, 5.74) is 1.04. The van der Waals surface area contributed by atoms with E-state index in [-0.39, 0.29) is 0 Å². The Balaban J connectivity index is 1.90. The first-order valence-electron chi connectivity index (χ1n) is 5.88. The van der Waals surface area contributed by atoms with E-state index in [0.717, 1.165) is 39.6 Å². The van der Waals surface area contributed by atoms with Crippen molar-refractivity contribution < 1.29 is 0 Å². The molecule has 5 nitrogen and oxygen atoms in total. The molecule has 0 fully saturated rings. The van der Waals surface area contributed by atoms with Crippen molar-refractivity contribution in [3.63, 3.8) is 0 Å². The summed E-state index contributed by atoms with van der Waals surface area (Å²) in [6.45, 7) is 5.08. The Morgan fingerprint density at radius 1 is 1.44 bits per heavy atom. The topological polar surface area (TPSA) is 55.6 Å². The van der Waals surface area contributed by atoms with Gasteiger partial charge in [0.1, 0.15) is 5.01 Å². The normalized spacial score (nSPS) is 10.8. The van der Waals surface area contributed by atoms with Gasteiger partial charge in [0, 0.05) is 13.6 Å². The monoisotopic (exact) mass is 283 g/mol. The first-order chi connectivity index (χ1) is 8.69. The fraction of sp³-hybridized carbons (Fsp3) is 0.545. The highest BCUT2D eigenvalue weighted by Crippen LogP contribution is 2.25. The van der Waals surface area contributed by atoms with Gasteiger partial charge in [-0.15, -0.1) is 10.2 Å². The maximum Gasteiger partial charge on any atom is 0.205 e. The van der Waals surface area contributed by atoms with Crippen LogP contribution in [0.25, 0.3) is 0 Å². The van der Waals surface area contributed by atoms with E-state index in [1.165, 1.54) is 0 Å². The van der Waals surface area contributed by atoms with Crippen LogP contribution in [0.4, 0.5) is 5.13 Å². The largest absolute Gasteiger partial charge is 0.360 e. The highest BCUT2D eigenvalue weighted by Gasteiger charge is 2.07. The summed E-state index contributed by atoms with van der Waals surface area (Å²) in [4.78, 5) is 0. The van der Waals surface area contributed by atoms with Crippen molar-refractivity contribution in [2.24, 2.45) is 7.05 Å². The van der Waals surface area contributed by atoms with Crippen LogP contribution < -0.4 is 5.32 Å². The molecule has 2 aromatic rings. The van der Waals surface area contributed by atoms with Gasteiger partial charge in [-0.25, -0.2) is 0 Å². The van der Waals surface area contributed by atoms with Gasteiger partial charge < -0.3 is 5.32 Å². The van der Waals surface area contributed by atoms with Crippen molar-refractivity contribution >= 4 is 28.2 Å². The summed E-state index contributed by atoms with van der Waals surface area (Å²) in [5, 5.41) is 19.0. The molecule has 1 N–H and O–H groups in total. The van der Waals surface area contributed by atoms with Crippen LogP contribution in [-0.4, -0.2) is 26.5 Å². The molecular formula is C11H17N5S2. The number of nitrogens with zero attached hydrogens (tertiary/aromatic N) is 4. The van der Waals surface area contributed by atoms with Crippen molar-refractivity contribution in [3.05, 3.63) is 16.8 Å². The van der Waals surface area contributed by atoms with Crippen LogP contribution in [0.2, 0.25) is 0 Å². The third-order valence-electron chi connectivity index (χ3n) is 2.30. The fourth-order valence-electron chi connectivity index (χ4n) is 1.47. The highest BCUT2D eigenvalue weighted by molar-refractivity contribution is 7.98. The number of aromatic nitrogens is 4. The SMILES string of the molecule is CCCNc1nnc(CSc2cc(C)nn2C)s1. The minimum Gasteiger partial charge on any atom is -0.360 e. The maximum atomic E-state index is 4.32. The van der Waals surface area contributed by atoms with Crippen molar-refractivity contribution in [2.75, 3.05) is 11.9 Å². The van der Waals surface area contributed by atoms with E-state index in [4.69, 9.17) is 0 Å². The molecular weight excluding hydrogens is 266 g/mol. The molecule has 0 saturated heterocycles. The first kappa shape index (κ1) is 13.4. The third-order valence-corrected chi connectivity index (χ3v) is 4.45. The Labute approximate surface area is 115 Å². The van der Waals surface area contributed by atoms with Gasteiger partial charge in [0.05, 0.1) is 16.5 Å². The quantitative estimate of drug-likeness (QED) is 0.826. The average Bonchev–Trinajstić information content (AvgIpc) is 2.91. The van der Waals surface area contributed by atoms with Crippen molar-refractivity contribution in [1.82, 2.24) is 20.0 Å². The zero-order valence-corrected chi connectivity index (χ0v) is 12.4. The lowest BCUT2D eigenvalue weighted by atomic mass is 10.5. The van der Waals surface area contributed by atoms with Gasteiger partial charge in [0.15, 0.2) is 0 Å². The maximum absolute atomic E-state index is 4.32. The predicted octanol–water partition coefficient (Wildman–Crippen LogP) is 2.69. The molecule has 2 aromatic heterocycles. The number of hydrogen-bond acceptors (Lipinski definition) is 6. The Bertz CT molecular complexity index is 505. The second kappa shape index (κ2) is 6.19. The average molecular weight is 283 g/mol. The molecule has 2 rings (SSSR count). The van der Waals surface area contributed by atoms with E-state index in [2.05, 4.69) is 33.6 Å². The van der Waals surface area contributed by atoms with E-state index in [0.29, 0.717) is 0 Å². The summed E-state index contributed by atoms with van der Waals surface area (Å²) in [5.74, 6) is 0.838. The van der Waals surface area contributed by atoms with E-state index < -0.39 is 0 Å². The molecule has 2 heterocycles. The number of hydrogen-bond donors (Lipinski definition) is 1. The van der Waals surface area contributed by atoms with E-state index in [1.807, 2.05) is 18.7 Å². The highest BCUT2D eigenvalue weighted by atomic mass is 32.2. The predicted molar refractivity (Wildman–Crippen MR) is 76.2 cm³/mol. The second-order valence-electron chi connectivity index (χ2n) is 3.96. The lowest BCUT2D eigenvalue weighted by Gasteiger charge is -1.98. The standard InChI is InChI=1S/C11H17N5S2/c1-4-5-12-11-14-13-9(18-11)7-17-10-6-8(2)15-16(10)3/h6H,4-5,7H2,1-3H3,(H,12,14). The Morgan fingerprint density at radius 2 is 2.28 bits per heavy atom. The zero-order valence-electron chi connectivity index (χ0n) is 10.8. The van der Waals surface area contributed by atoms with Crippen molar-refractivity contribution in [1.29, 1.82) is 0 Å². The molecule has 98 valence electrons. The first-order valence-corrected chi connectivity index (χ1v) is 7.69. The number of thioether (sulfide) groups is 1. The van der Waals surface area contributed by atoms with Crippen LogP contribution in [0, 0.1) is 6.92 Å². The number of aryl methyl sites for hydroxylation is 2. The minimum atomic E-state index is 0.838. The molecule has 0 bridgehead atoms. The van der Waals surface area contributed by atoms with E-state index >= 15 is 0 Å². The smallest absolute Gasteiger partial charge is 0.205 e. The number of nitrogens with one attached hydrogen (secondary N) is 1. The molecule has 0 aliphatic rings.